The lowest BCUT2D eigenvalue weighted by Gasteiger charge is -2.12. The van der Waals surface area contributed by atoms with E-state index in [1.165, 1.54) is 82.3 Å². The molecule has 48 heavy (non-hydrogen) atoms. The van der Waals surface area contributed by atoms with Crippen molar-refractivity contribution >= 4 is 54.4 Å². The number of hydrogen-bond donors (Lipinski definition) is 0. The maximum atomic E-state index is 2.44. The Hall–Kier alpha value is -6.38. The Balaban J connectivity index is 1.22. The lowest BCUT2D eigenvalue weighted by atomic mass is 9.98. The topological polar surface area (TPSA) is 9.86 Å². The van der Waals surface area contributed by atoms with Crippen LogP contribution in [0.25, 0.3) is 88.0 Å². The summed E-state index contributed by atoms with van der Waals surface area (Å²) in [6.07, 6.45) is 0. The Morgan fingerprint density at radius 1 is 0.292 bits per heavy atom. The van der Waals surface area contributed by atoms with Gasteiger partial charge in [0, 0.05) is 32.9 Å². The molecule has 8 aromatic carbocycles. The van der Waals surface area contributed by atoms with Crippen molar-refractivity contribution in [3.8, 4) is 33.6 Å². The van der Waals surface area contributed by atoms with Crippen LogP contribution in [0.1, 0.15) is 0 Å². The Kier molecular flexibility index (Phi) is 5.91. The molecule has 0 spiro atoms. The van der Waals surface area contributed by atoms with Crippen LogP contribution < -0.4 is 0 Å². The molecule has 0 N–H and O–H groups in total. The first-order valence-electron chi connectivity index (χ1n) is 16.5. The molecule has 0 atom stereocenters. The fourth-order valence-electron chi connectivity index (χ4n) is 7.79. The summed E-state index contributed by atoms with van der Waals surface area (Å²) in [4.78, 5) is 0. The van der Waals surface area contributed by atoms with Crippen molar-refractivity contribution in [1.29, 1.82) is 0 Å². The van der Waals surface area contributed by atoms with Crippen molar-refractivity contribution in [2.75, 3.05) is 0 Å². The van der Waals surface area contributed by atoms with Crippen LogP contribution in [-0.4, -0.2) is 9.13 Å². The Labute approximate surface area is 278 Å². The molecule has 2 nitrogen and oxygen atoms in total. The Morgan fingerprint density at radius 2 is 0.812 bits per heavy atom. The van der Waals surface area contributed by atoms with Gasteiger partial charge in [-0.15, -0.1) is 0 Å². The first kappa shape index (κ1) is 26.8. The van der Waals surface area contributed by atoms with Crippen molar-refractivity contribution < 1.29 is 0 Å². The van der Waals surface area contributed by atoms with E-state index in [9.17, 15) is 0 Å². The minimum Gasteiger partial charge on any atom is -0.309 e. The summed E-state index contributed by atoms with van der Waals surface area (Å²) < 4.78 is 4.87. The largest absolute Gasteiger partial charge is 0.309 e. The molecule has 0 aliphatic carbocycles. The molecule has 2 heterocycles. The summed E-state index contributed by atoms with van der Waals surface area (Å²) in [5.41, 5.74) is 12.1. The minimum absolute atomic E-state index is 1.16. The van der Waals surface area contributed by atoms with Gasteiger partial charge in [0.15, 0.2) is 0 Å². The number of fused-ring (bicyclic) bond motifs is 8. The third-order valence-corrected chi connectivity index (χ3v) is 9.91. The van der Waals surface area contributed by atoms with Gasteiger partial charge in [-0.3, -0.25) is 0 Å². The standard InChI is InChI=1S/C46H30N2/c1-3-12-31(13-4-1)32-22-24-35(25-23-32)47-41-20-9-7-17-39(41)45-43(47)28-29-44-46(45)40-18-8-10-21-42(40)48(44)36-26-27-38-34(30-36)16-11-19-37(38)33-14-5-2-6-15-33/h1-30H. The summed E-state index contributed by atoms with van der Waals surface area (Å²) in [5.74, 6) is 0. The third-order valence-electron chi connectivity index (χ3n) is 9.91. The highest BCUT2D eigenvalue weighted by atomic mass is 15.0. The average Bonchev–Trinajstić information content (AvgIpc) is 3.68. The first-order valence-corrected chi connectivity index (χ1v) is 16.5. The van der Waals surface area contributed by atoms with E-state index >= 15 is 0 Å². The van der Waals surface area contributed by atoms with Crippen LogP contribution in [0.2, 0.25) is 0 Å². The van der Waals surface area contributed by atoms with Gasteiger partial charge >= 0.3 is 0 Å². The molecule has 2 aromatic heterocycles. The van der Waals surface area contributed by atoms with Crippen LogP contribution in [0, 0.1) is 0 Å². The maximum Gasteiger partial charge on any atom is 0.0548 e. The lowest BCUT2D eigenvalue weighted by molar-refractivity contribution is 1.17. The monoisotopic (exact) mass is 610 g/mol. The molecule has 10 aromatic rings. The van der Waals surface area contributed by atoms with E-state index in [1.54, 1.807) is 0 Å². The zero-order chi connectivity index (χ0) is 31.6. The third kappa shape index (κ3) is 4.00. The van der Waals surface area contributed by atoms with Gasteiger partial charge in [-0.25, -0.2) is 0 Å². The van der Waals surface area contributed by atoms with Gasteiger partial charge in [-0.1, -0.05) is 133 Å². The van der Waals surface area contributed by atoms with Crippen LogP contribution in [0.15, 0.2) is 182 Å². The zero-order valence-corrected chi connectivity index (χ0v) is 26.2. The number of benzene rings is 8. The molecule has 0 bridgehead atoms. The van der Waals surface area contributed by atoms with Crippen molar-refractivity contribution in [1.82, 2.24) is 9.13 Å². The fourth-order valence-corrected chi connectivity index (χ4v) is 7.79. The summed E-state index contributed by atoms with van der Waals surface area (Å²) in [7, 11) is 0. The SMILES string of the molecule is c1ccc(-c2ccc(-n3c4ccccc4c4c5c6ccccc6n(-c6ccc7c(-c8ccccc8)cccc7c6)c5ccc43)cc2)cc1. The predicted molar refractivity (Wildman–Crippen MR) is 203 cm³/mol. The number of para-hydroxylation sites is 2. The summed E-state index contributed by atoms with van der Waals surface area (Å²) in [5, 5.41) is 7.60. The van der Waals surface area contributed by atoms with E-state index in [2.05, 4.69) is 191 Å². The van der Waals surface area contributed by atoms with E-state index in [0.717, 1.165) is 5.69 Å². The highest BCUT2D eigenvalue weighted by Crippen LogP contribution is 2.43. The van der Waals surface area contributed by atoms with Gasteiger partial charge in [0.05, 0.1) is 22.1 Å². The quantitative estimate of drug-likeness (QED) is 0.188. The fraction of sp³-hybridized carbons (Fsp3) is 0. The van der Waals surface area contributed by atoms with E-state index in [4.69, 9.17) is 0 Å². The molecule has 0 unspecified atom stereocenters. The van der Waals surface area contributed by atoms with E-state index < -0.39 is 0 Å². The Bertz CT molecular complexity index is 2800. The number of nitrogens with zero attached hydrogens (tertiary/aromatic N) is 2. The highest BCUT2D eigenvalue weighted by Gasteiger charge is 2.20. The molecule has 10 rings (SSSR count). The van der Waals surface area contributed by atoms with Gasteiger partial charge in [0.1, 0.15) is 0 Å². The van der Waals surface area contributed by atoms with Crippen molar-refractivity contribution in [3.05, 3.63) is 182 Å². The zero-order valence-electron chi connectivity index (χ0n) is 26.2. The van der Waals surface area contributed by atoms with Gasteiger partial charge in [0.2, 0.25) is 0 Å². The molecule has 2 heteroatoms. The van der Waals surface area contributed by atoms with E-state index in [-0.39, 0.29) is 0 Å². The smallest absolute Gasteiger partial charge is 0.0548 e. The molecule has 224 valence electrons. The van der Waals surface area contributed by atoms with Crippen LogP contribution in [0.4, 0.5) is 0 Å². The average molecular weight is 611 g/mol. The van der Waals surface area contributed by atoms with E-state index in [0.29, 0.717) is 0 Å². The van der Waals surface area contributed by atoms with Gasteiger partial charge < -0.3 is 9.13 Å². The molecule has 0 amide bonds. The molecule has 0 saturated heterocycles. The van der Waals surface area contributed by atoms with Crippen LogP contribution >= 0.6 is 0 Å². The molecular formula is C46H30N2. The number of hydrogen-bond acceptors (Lipinski definition) is 0. The second-order valence-corrected chi connectivity index (χ2v) is 12.5. The minimum atomic E-state index is 1.16. The highest BCUT2D eigenvalue weighted by molar-refractivity contribution is 6.29. The number of rotatable bonds is 4. The van der Waals surface area contributed by atoms with Gasteiger partial charge in [-0.2, -0.15) is 0 Å². The molecule has 0 fully saturated rings. The lowest BCUT2D eigenvalue weighted by Crippen LogP contribution is -1.95. The van der Waals surface area contributed by atoms with Crippen LogP contribution in [0.5, 0.6) is 0 Å². The van der Waals surface area contributed by atoms with Crippen molar-refractivity contribution in [2.45, 2.75) is 0 Å². The summed E-state index contributed by atoms with van der Waals surface area (Å²) >= 11 is 0. The molecule has 0 saturated carbocycles. The predicted octanol–water partition coefficient (Wildman–Crippen LogP) is 12.4. The normalized spacial score (nSPS) is 11.8. The van der Waals surface area contributed by atoms with Gasteiger partial charge in [0.25, 0.3) is 0 Å². The Morgan fingerprint density at radius 3 is 1.46 bits per heavy atom. The second kappa shape index (κ2) is 10.6. The summed E-state index contributed by atoms with van der Waals surface area (Å²) in [6.45, 7) is 0. The molecule has 0 aliphatic heterocycles. The first-order chi connectivity index (χ1) is 23.8. The van der Waals surface area contributed by atoms with Crippen LogP contribution in [-0.2, 0) is 0 Å². The number of aromatic nitrogens is 2. The second-order valence-electron chi connectivity index (χ2n) is 12.5. The molecule has 0 aliphatic rings. The maximum absolute atomic E-state index is 2.44. The van der Waals surface area contributed by atoms with Crippen molar-refractivity contribution in [2.24, 2.45) is 0 Å². The van der Waals surface area contributed by atoms with E-state index in [1.807, 2.05) is 0 Å². The molecule has 0 radical (unpaired) electrons. The van der Waals surface area contributed by atoms with Gasteiger partial charge in [-0.05, 0) is 81.6 Å². The summed E-state index contributed by atoms with van der Waals surface area (Å²) in [6, 6.07) is 66.1. The van der Waals surface area contributed by atoms with Crippen molar-refractivity contribution in [3.63, 3.8) is 0 Å². The van der Waals surface area contributed by atoms with Crippen LogP contribution in [0.3, 0.4) is 0 Å². The molecular weight excluding hydrogens is 581 g/mol.